The van der Waals surface area contributed by atoms with Crippen LogP contribution in [0, 0.1) is 0 Å². The highest BCUT2D eigenvalue weighted by molar-refractivity contribution is 5.82. The SMILES string of the molecule is CCCCCOC(=O)OC(C)CNC(=O)C(C)OC(=O)OCCCCC. The minimum absolute atomic E-state index is 0.0855. The molecule has 152 valence electrons. The molecule has 8 nitrogen and oxygen atoms in total. The summed E-state index contributed by atoms with van der Waals surface area (Å²) >= 11 is 0. The van der Waals surface area contributed by atoms with Gasteiger partial charge in [-0.25, -0.2) is 9.59 Å². The first-order valence-electron chi connectivity index (χ1n) is 9.35. The van der Waals surface area contributed by atoms with E-state index < -0.39 is 30.4 Å². The molecule has 26 heavy (non-hydrogen) atoms. The molecular formula is C18H33NO7. The topological polar surface area (TPSA) is 100 Å². The summed E-state index contributed by atoms with van der Waals surface area (Å²) < 4.78 is 19.7. The van der Waals surface area contributed by atoms with Gasteiger partial charge in [0.05, 0.1) is 19.8 Å². The zero-order valence-corrected chi connectivity index (χ0v) is 16.4. The second kappa shape index (κ2) is 15.3. The first-order chi connectivity index (χ1) is 12.4. The van der Waals surface area contributed by atoms with E-state index in [1.54, 1.807) is 6.92 Å². The van der Waals surface area contributed by atoms with Gasteiger partial charge in [0.2, 0.25) is 0 Å². The maximum Gasteiger partial charge on any atom is 0.509 e. The van der Waals surface area contributed by atoms with E-state index in [9.17, 15) is 14.4 Å². The number of carbonyl (C=O) groups is 3. The third kappa shape index (κ3) is 13.3. The number of ether oxygens (including phenoxy) is 4. The van der Waals surface area contributed by atoms with Crippen LogP contribution in [0.5, 0.6) is 0 Å². The van der Waals surface area contributed by atoms with Gasteiger partial charge in [-0.15, -0.1) is 0 Å². The molecule has 2 unspecified atom stereocenters. The molecule has 1 amide bonds. The van der Waals surface area contributed by atoms with Crippen molar-refractivity contribution in [3.05, 3.63) is 0 Å². The maximum absolute atomic E-state index is 11.9. The highest BCUT2D eigenvalue weighted by Gasteiger charge is 2.20. The van der Waals surface area contributed by atoms with Gasteiger partial charge in [0.15, 0.2) is 6.10 Å². The number of amides is 1. The van der Waals surface area contributed by atoms with Crippen LogP contribution < -0.4 is 5.32 Å². The number of hydrogen-bond acceptors (Lipinski definition) is 7. The number of hydrogen-bond donors (Lipinski definition) is 1. The molecule has 0 aliphatic carbocycles. The lowest BCUT2D eigenvalue weighted by Gasteiger charge is -2.16. The maximum atomic E-state index is 11.9. The van der Waals surface area contributed by atoms with E-state index in [0.717, 1.165) is 38.5 Å². The fraction of sp³-hybridized carbons (Fsp3) is 0.833. The van der Waals surface area contributed by atoms with E-state index >= 15 is 0 Å². The highest BCUT2D eigenvalue weighted by Crippen LogP contribution is 2.01. The van der Waals surface area contributed by atoms with Gasteiger partial charge in [0.25, 0.3) is 5.91 Å². The lowest BCUT2D eigenvalue weighted by atomic mass is 10.3. The summed E-state index contributed by atoms with van der Waals surface area (Å²) in [4.78, 5) is 34.8. The average Bonchev–Trinajstić information content (AvgIpc) is 2.60. The predicted octanol–water partition coefficient (Wildman–Crippen LogP) is 3.57. The molecule has 0 saturated heterocycles. The van der Waals surface area contributed by atoms with Crippen molar-refractivity contribution in [3.63, 3.8) is 0 Å². The zero-order chi connectivity index (χ0) is 19.8. The summed E-state index contributed by atoms with van der Waals surface area (Å²) in [6, 6.07) is 0. The second-order valence-electron chi connectivity index (χ2n) is 6.04. The van der Waals surface area contributed by atoms with Crippen LogP contribution in [-0.4, -0.2) is 50.2 Å². The molecule has 2 atom stereocenters. The van der Waals surface area contributed by atoms with E-state index in [-0.39, 0.29) is 13.2 Å². The van der Waals surface area contributed by atoms with Crippen molar-refractivity contribution in [1.82, 2.24) is 5.32 Å². The molecule has 8 heteroatoms. The van der Waals surface area contributed by atoms with E-state index in [4.69, 9.17) is 18.9 Å². The van der Waals surface area contributed by atoms with Gasteiger partial charge >= 0.3 is 12.3 Å². The summed E-state index contributed by atoms with van der Waals surface area (Å²) in [5.74, 6) is -0.498. The van der Waals surface area contributed by atoms with Gasteiger partial charge < -0.3 is 24.3 Å². The first-order valence-corrected chi connectivity index (χ1v) is 9.35. The quantitative estimate of drug-likeness (QED) is 0.388. The van der Waals surface area contributed by atoms with E-state index in [0.29, 0.717) is 6.61 Å². The standard InChI is InChI=1S/C18H33NO7/c1-5-7-9-11-23-17(21)25-14(3)13-19-16(20)15(4)26-18(22)24-12-10-8-6-2/h14-15H,5-13H2,1-4H3,(H,19,20). The van der Waals surface area contributed by atoms with Crippen LogP contribution in [0.3, 0.4) is 0 Å². The van der Waals surface area contributed by atoms with Crippen LogP contribution in [0.1, 0.15) is 66.2 Å². The molecule has 0 heterocycles. The Morgan fingerprint density at radius 3 is 1.81 bits per heavy atom. The minimum Gasteiger partial charge on any atom is -0.434 e. The van der Waals surface area contributed by atoms with Gasteiger partial charge in [-0.05, 0) is 26.7 Å². The van der Waals surface area contributed by atoms with Crippen LogP contribution >= 0.6 is 0 Å². The first kappa shape index (κ1) is 24.0. The van der Waals surface area contributed by atoms with Gasteiger partial charge in [-0.2, -0.15) is 0 Å². The van der Waals surface area contributed by atoms with E-state index in [1.807, 2.05) is 6.92 Å². The Bertz CT molecular complexity index is 414. The van der Waals surface area contributed by atoms with Crippen LogP contribution in [0.25, 0.3) is 0 Å². The Hall–Kier alpha value is -1.99. The third-order valence-corrected chi connectivity index (χ3v) is 3.44. The number of unbranched alkanes of at least 4 members (excludes halogenated alkanes) is 4. The van der Waals surface area contributed by atoms with Crippen molar-refractivity contribution >= 4 is 18.2 Å². The number of carbonyl (C=O) groups excluding carboxylic acids is 3. The summed E-state index contributed by atoms with van der Waals surface area (Å²) in [6.45, 7) is 7.84. The average molecular weight is 375 g/mol. The summed E-state index contributed by atoms with van der Waals surface area (Å²) in [5, 5.41) is 2.54. The fourth-order valence-corrected chi connectivity index (χ4v) is 1.88. The van der Waals surface area contributed by atoms with Gasteiger partial charge in [-0.1, -0.05) is 39.5 Å². The normalized spacial score (nSPS) is 12.6. The molecule has 0 bridgehead atoms. The van der Waals surface area contributed by atoms with Gasteiger partial charge in [0.1, 0.15) is 6.10 Å². The lowest BCUT2D eigenvalue weighted by Crippen LogP contribution is -2.40. The molecule has 0 aromatic carbocycles. The van der Waals surface area contributed by atoms with Crippen LogP contribution in [-0.2, 0) is 23.7 Å². The summed E-state index contributed by atoms with van der Waals surface area (Å²) in [7, 11) is 0. The number of nitrogens with one attached hydrogen (secondary N) is 1. The molecule has 0 saturated carbocycles. The highest BCUT2D eigenvalue weighted by atomic mass is 16.7. The lowest BCUT2D eigenvalue weighted by molar-refractivity contribution is -0.130. The molecule has 1 N–H and O–H groups in total. The van der Waals surface area contributed by atoms with E-state index in [2.05, 4.69) is 12.2 Å². The van der Waals surface area contributed by atoms with Crippen molar-refractivity contribution in [2.45, 2.75) is 78.4 Å². The van der Waals surface area contributed by atoms with Crippen molar-refractivity contribution in [3.8, 4) is 0 Å². The van der Waals surface area contributed by atoms with Crippen molar-refractivity contribution in [1.29, 1.82) is 0 Å². The summed E-state index contributed by atoms with van der Waals surface area (Å²) in [5.41, 5.74) is 0. The Balaban J connectivity index is 3.89. The molecule has 0 radical (unpaired) electrons. The molecule has 0 spiro atoms. The smallest absolute Gasteiger partial charge is 0.434 e. The Labute approximate surface area is 155 Å². The van der Waals surface area contributed by atoms with Crippen molar-refractivity contribution in [2.75, 3.05) is 19.8 Å². The Morgan fingerprint density at radius 1 is 0.808 bits per heavy atom. The zero-order valence-electron chi connectivity index (χ0n) is 16.4. The molecular weight excluding hydrogens is 342 g/mol. The van der Waals surface area contributed by atoms with Crippen LogP contribution in [0.4, 0.5) is 9.59 Å². The molecule has 0 fully saturated rings. The van der Waals surface area contributed by atoms with Crippen LogP contribution in [0.15, 0.2) is 0 Å². The molecule has 0 rings (SSSR count). The number of rotatable bonds is 13. The van der Waals surface area contributed by atoms with Gasteiger partial charge in [-0.3, -0.25) is 4.79 Å². The van der Waals surface area contributed by atoms with Crippen LogP contribution in [0.2, 0.25) is 0 Å². The second-order valence-corrected chi connectivity index (χ2v) is 6.04. The van der Waals surface area contributed by atoms with Crippen molar-refractivity contribution < 1.29 is 33.3 Å². The predicted molar refractivity (Wildman–Crippen MR) is 95.8 cm³/mol. The monoisotopic (exact) mass is 375 g/mol. The molecule has 0 aromatic heterocycles. The fourth-order valence-electron chi connectivity index (χ4n) is 1.88. The Kier molecular flexibility index (Phi) is 14.1. The van der Waals surface area contributed by atoms with Gasteiger partial charge in [0, 0.05) is 0 Å². The Morgan fingerprint density at radius 2 is 1.31 bits per heavy atom. The summed E-state index contributed by atoms with van der Waals surface area (Å²) in [6.07, 6.45) is 2.35. The molecule has 0 aliphatic rings. The molecule has 0 aromatic rings. The van der Waals surface area contributed by atoms with E-state index in [1.165, 1.54) is 6.92 Å². The minimum atomic E-state index is -0.998. The largest absolute Gasteiger partial charge is 0.509 e. The van der Waals surface area contributed by atoms with Crippen molar-refractivity contribution in [2.24, 2.45) is 0 Å². The molecule has 0 aliphatic heterocycles. The third-order valence-electron chi connectivity index (χ3n) is 3.44.